The number of anilines is 1. The number of carbonyl (C=O) groups is 3. The Morgan fingerprint density at radius 2 is 1.85 bits per heavy atom. The molecule has 1 saturated carbocycles. The Bertz CT molecular complexity index is 1180. The molecule has 2 aromatic rings. The number of methoxy groups -OCH3 is 1. The van der Waals surface area contributed by atoms with E-state index in [1.165, 1.54) is 36.2 Å². The van der Waals surface area contributed by atoms with E-state index in [-0.39, 0.29) is 31.1 Å². The van der Waals surface area contributed by atoms with Crippen molar-refractivity contribution in [3.8, 4) is 0 Å². The Morgan fingerprint density at radius 3 is 2.45 bits per heavy atom. The maximum Gasteiger partial charge on any atom is 0.389 e. The van der Waals surface area contributed by atoms with E-state index in [1.54, 1.807) is 13.2 Å². The number of rotatable bonds is 11. The third kappa shape index (κ3) is 8.96. The van der Waals surface area contributed by atoms with Crippen molar-refractivity contribution >= 4 is 23.5 Å². The van der Waals surface area contributed by atoms with Crippen LogP contribution < -0.4 is 16.0 Å². The van der Waals surface area contributed by atoms with Crippen molar-refractivity contribution in [3.05, 3.63) is 42.1 Å². The average molecular weight is 575 g/mol. The molecule has 2 heterocycles. The fourth-order valence-corrected chi connectivity index (χ4v) is 4.43. The topological polar surface area (TPSA) is 127 Å². The van der Waals surface area contributed by atoms with Gasteiger partial charge in [0.25, 0.3) is 5.91 Å². The van der Waals surface area contributed by atoms with E-state index in [2.05, 4.69) is 25.9 Å². The van der Waals surface area contributed by atoms with Crippen LogP contribution in [0.1, 0.15) is 60.7 Å². The van der Waals surface area contributed by atoms with Crippen LogP contribution in [0.2, 0.25) is 0 Å². The monoisotopic (exact) mass is 574 g/mol. The number of imidazole rings is 1. The van der Waals surface area contributed by atoms with Crippen LogP contribution in [0.15, 0.2) is 30.7 Å². The summed E-state index contributed by atoms with van der Waals surface area (Å²) in [6, 6.07) is 0.872. The molecule has 15 heteroatoms. The zero-order valence-electron chi connectivity index (χ0n) is 21.9. The number of carbonyl (C=O) groups excluding carboxylic acids is 3. The van der Waals surface area contributed by atoms with Gasteiger partial charge in [-0.05, 0) is 36.5 Å². The van der Waals surface area contributed by atoms with Crippen LogP contribution in [0.25, 0.3) is 0 Å². The molecule has 0 spiro atoms. The summed E-state index contributed by atoms with van der Waals surface area (Å²) in [6.07, 6.45) is -3.14. The molecule has 0 radical (unpaired) electrons. The molecular formula is C25H31F5N6O4. The predicted octanol–water partition coefficient (Wildman–Crippen LogP) is 3.52. The van der Waals surface area contributed by atoms with E-state index in [4.69, 9.17) is 4.74 Å². The van der Waals surface area contributed by atoms with Gasteiger partial charge in [0.15, 0.2) is 5.82 Å². The number of halogens is 5. The van der Waals surface area contributed by atoms with Crippen LogP contribution in [0.5, 0.6) is 0 Å². The van der Waals surface area contributed by atoms with E-state index < -0.39 is 73.5 Å². The largest absolute Gasteiger partial charge is 0.389 e. The van der Waals surface area contributed by atoms with Gasteiger partial charge in [-0.15, -0.1) is 0 Å². The molecule has 0 aliphatic heterocycles. The first-order valence-corrected chi connectivity index (χ1v) is 12.6. The standard InChI is InChI=1S/C25H31F5N6O4/c1-36-12-11-32-21(36)23(39)35-20(15-3-7-24(26,27)8-4-15)22(38)34-18-13-16(6-10-31-18)17(14-40-2)33-19(37)5-9-25(28,29)30/h6,10-13,15,17,20H,3-5,7-9,14H2,1-2H3,(H,33,37)(H,35,39)(H,31,34,38)/t17?,20-/m0/s1. The lowest BCUT2D eigenvalue weighted by Crippen LogP contribution is -2.50. The average Bonchev–Trinajstić information content (AvgIpc) is 3.31. The van der Waals surface area contributed by atoms with Gasteiger partial charge in [-0.25, -0.2) is 18.7 Å². The van der Waals surface area contributed by atoms with E-state index >= 15 is 0 Å². The minimum atomic E-state index is -4.49. The number of ether oxygens (including phenoxy) is 1. The second kappa shape index (κ2) is 13.2. The van der Waals surface area contributed by atoms with E-state index in [0.717, 1.165) is 0 Å². The molecule has 1 aliphatic rings. The van der Waals surface area contributed by atoms with E-state index in [1.807, 2.05) is 0 Å². The zero-order chi connectivity index (χ0) is 29.5. The molecular weight excluding hydrogens is 543 g/mol. The summed E-state index contributed by atoms with van der Waals surface area (Å²) in [7, 11) is 2.94. The molecule has 0 bridgehead atoms. The molecule has 2 aromatic heterocycles. The van der Waals surface area contributed by atoms with Gasteiger partial charge in [0.2, 0.25) is 17.7 Å². The van der Waals surface area contributed by atoms with Gasteiger partial charge < -0.3 is 25.3 Å². The lowest BCUT2D eigenvalue weighted by Gasteiger charge is -2.33. The SMILES string of the molecule is COCC(NC(=O)CCC(F)(F)F)c1ccnc(NC(=O)[C@@H](NC(=O)c2nccn2C)C2CCC(F)(F)CC2)c1. The van der Waals surface area contributed by atoms with Crippen molar-refractivity contribution in [1.82, 2.24) is 25.2 Å². The van der Waals surface area contributed by atoms with Crippen molar-refractivity contribution in [2.24, 2.45) is 13.0 Å². The molecule has 0 aromatic carbocycles. The molecule has 0 saturated heterocycles. The normalized spacial score (nSPS) is 17.1. The second-order valence-electron chi connectivity index (χ2n) is 9.66. The number of hydrogen-bond acceptors (Lipinski definition) is 6. The van der Waals surface area contributed by atoms with Gasteiger partial charge in [0.05, 0.1) is 19.1 Å². The molecule has 3 rings (SSSR count). The van der Waals surface area contributed by atoms with Crippen molar-refractivity contribution in [1.29, 1.82) is 0 Å². The predicted molar refractivity (Wildman–Crippen MR) is 132 cm³/mol. The molecule has 10 nitrogen and oxygen atoms in total. The van der Waals surface area contributed by atoms with Gasteiger partial charge in [-0.3, -0.25) is 14.4 Å². The first-order chi connectivity index (χ1) is 18.8. The highest BCUT2D eigenvalue weighted by Crippen LogP contribution is 2.37. The van der Waals surface area contributed by atoms with Gasteiger partial charge in [-0.1, -0.05) is 0 Å². The Kier molecular flexibility index (Phi) is 10.2. The molecule has 1 aliphatic carbocycles. The van der Waals surface area contributed by atoms with Gasteiger partial charge in [0.1, 0.15) is 11.9 Å². The van der Waals surface area contributed by atoms with E-state index in [0.29, 0.717) is 5.56 Å². The summed E-state index contributed by atoms with van der Waals surface area (Å²) in [6.45, 7) is -0.0756. The number of alkyl halides is 5. The minimum Gasteiger partial charge on any atom is -0.382 e. The highest BCUT2D eigenvalue weighted by molar-refractivity contribution is 5.99. The van der Waals surface area contributed by atoms with Crippen molar-refractivity contribution in [2.45, 2.75) is 62.7 Å². The van der Waals surface area contributed by atoms with Crippen LogP contribution in [0.3, 0.4) is 0 Å². The van der Waals surface area contributed by atoms with Gasteiger partial charge in [-0.2, -0.15) is 13.2 Å². The summed E-state index contributed by atoms with van der Waals surface area (Å²) >= 11 is 0. The maximum absolute atomic E-state index is 13.8. The third-order valence-corrected chi connectivity index (χ3v) is 6.57. The third-order valence-electron chi connectivity index (χ3n) is 6.57. The first-order valence-electron chi connectivity index (χ1n) is 12.6. The van der Waals surface area contributed by atoms with Crippen molar-refractivity contribution in [2.75, 3.05) is 19.0 Å². The molecule has 1 fully saturated rings. The van der Waals surface area contributed by atoms with Gasteiger partial charge >= 0.3 is 6.18 Å². The number of nitrogens with one attached hydrogen (secondary N) is 3. The Balaban J connectivity index is 1.76. The summed E-state index contributed by atoms with van der Waals surface area (Å²) in [5.41, 5.74) is 0.387. The number of hydrogen-bond donors (Lipinski definition) is 3. The molecule has 3 amide bonds. The first kappa shape index (κ1) is 30.9. The van der Waals surface area contributed by atoms with E-state index in [9.17, 15) is 36.3 Å². The minimum absolute atomic E-state index is 0.000724. The summed E-state index contributed by atoms with van der Waals surface area (Å²) in [4.78, 5) is 46.3. The fourth-order valence-electron chi connectivity index (χ4n) is 4.43. The summed E-state index contributed by atoms with van der Waals surface area (Å²) < 4.78 is 71.6. The van der Waals surface area contributed by atoms with Crippen LogP contribution >= 0.6 is 0 Å². The lowest BCUT2D eigenvalue weighted by molar-refractivity contribution is -0.144. The Hall–Kier alpha value is -3.62. The molecule has 220 valence electrons. The molecule has 2 atom stereocenters. The summed E-state index contributed by atoms with van der Waals surface area (Å²) in [5, 5.41) is 7.67. The molecule has 1 unspecified atom stereocenters. The number of amides is 3. The number of aromatic nitrogens is 3. The highest BCUT2D eigenvalue weighted by Gasteiger charge is 2.40. The van der Waals surface area contributed by atoms with Crippen LogP contribution in [0.4, 0.5) is 27.8 Å². The number of nitrogens with zero attached hydrogens (tertiary/aromatic N) is 3. The van der Waals surface area contributed by atoms with Crippen molar-refractivity contribution < 1.29 is 41.1 Å². The molecule has 40 heavy (non-hydrogen) atoms. The van der Waals surface area contributed by atoms with Crippen molar-refractivity contribution in [3.63, 3.8) is 0 Å². The number of pyridine rings is 1. The lowest BCUT2D eigenvalue weighted by atomic mass is 9.81. The van der Waals surface area contributed by atoms with Crippen LogP contribution in [-0.2, 0) is 21.4 Å². The molecule has 3 N–H and O–H groups in total. The quantitative estimate of drug-likeness (QED) is 0.353. The summed E-state index contributed by atoms with van der Waals surface area (Å²) in [5.74, 6) is -5.58. The highest BCUT2D eigenvalue weighted by atomic mass is 19.4. The smallest absolute Gasteiger partial charge is 0.382 e. The second-order valence-corrected chi connectivity index (χ2v) is 9.66. The van der Waals surface area contributed by atoms with Gasteiger partial charge in [0, 0.05) is 52.0 Å². The van der Waals surface area contributed by atoms with Crippen LogP contribution in [-0.4, -0.2) is 64.1 Å². The Morgan fingerprint density at radius 1 is 1.15 bits per heavy atom. The maximum atomic E-state index is 13.8. The Labute approximate surface area is 227 Å². The van der Waals surface area contributed by atoms with Crippen LogP contribution in [0, 0.1) is 5.92 Å². The fraction of sp³-hybridized carbons (Fsp3) is 0.560. The zero-order valence-corrected chi connectivity index (χ0v) is 21.9. The number of aryl methyl sites for hydroxylation is 1.